The number of piperazine rings is 1. The van der Waals surface area contributed by atoms with Crippen LogP contribution in [-0.4, -0.2) is 66.7 Å². The largest absolute Gasteiger partial charge is 0.497 e. The number of benzene rings is 2. The Morgan fingerprint density at radius 1 is 1.03 bits per heavy atom. The average Bonchev–Trinajstić information content (AvgIpc) is 3.32. The van der Waals surface area contributed by atoms with Crippen LogP contribution in [0.25, 0.3) is 0 Å². The minimum Gasteiger partial charge on any atom is -0.497 e. The molecule has 1 amide bonds. The highest BCUT2D eigenvalue weighted by molar-refractivity contribution is 8.01. The first-order valence-electron chi connectivity index (χ1n) is 11.3. The van der Waals surface area contributed by atoms with E-state index in [4.69, 9.17) is 9.47 Å². The molecule has 0 atom stereocenters. The van der Waals surface area contributed by atoms with Crippen LogP contribution in [0.4, 0.5) is 16.5 Å². The van der Waals surface area contributed by atoms with Gasteiger partial charge in [-0.25, -0.2) is 0 Å². The van der Waals surface area contributed by atoms with Gasteiger partial charge >= 0.3 is 0 Å². The zero-order valence-electron chi connectivity index (χ0n) is 19.4. The van der Waals surface area contributed by atoms with Gasteiger partial charge in [0.25, 0.3) is 0 Å². The van der Waals surface area contributed by atoms with Crippen molar-refractivity contribution in [1.29, 1.82) is 0 Å². The summed E-state index contributed by atoms with van der Waals surface area (Å²) in [6.07, 6.45) is 0.494. The normalized spacial score (nSPS) is 13.6. The first-order chi connectivity index (χ1) is 16.6. The Morgan fingerprint density at radius 3 is 2.41 bits per heavy atom. The summed E-state index contributed by atoms with van der Waals surface area (Å²) in [5, 5.41) is 12.4. The number of thioether (sulfide) groups is 1. The van der Waals surface area contributed by atoms with Crippen LogP contribution in [0, 0.1) is 0 Å². The molecule has 180 valence electrons. The van der Waals surface area contributed by atoms with Gasteiger partial charge in [-0.1, -0.05) is 23.1 Å². The van der Waals surface area contributed by atoms with Crippen molar-refractivity contribution in [3.63, 3.8) is 0 Å². The molecule has 34 heavy (non-hydrogen) atoms. The van der Waals surface area contributed by atoms with Crippen molar-refractivity contribution in [2.24, 2.45) is 0 Å². The Morgan fingerprint density at radius 2 is 1.74 bits per heavy atom. The van der Waals surface area contributed by atoms with Gasteiger partial charge in [0, 0.05) is 49.7 Å². The van der Waals surface area contributed by atoms with E-state index >= 15 is 0 Å². The van der Waals surface area contributed by atoms with Crippen molar-refractivity contribution in [2.45, 2.75) is 17.7 Å². The lowest BCUT2D eigenvalue weighted by Crippen LogP contribution is -2.48. The summed E-state index contributed by atoms with van der Waals surface area (Å²) in [5.74, 6) is 2.58. The van der Waals surface area contributed by atoms with Gasteiger partial charge in [0.2, 0.25) is 11.0 Å². The summed E-state index contributed by atoms with van der Waals surface area (Å²) in [5.41, 5.74) is 2.09. The lowest BCUT2D eigenvalue weighted by molar-refractivity contribution is -0.131. The van der Waals surface area contributed by atoms with E-state index in [2.05, 4.69) is 32.5 Å². The van der Waals surface area contributed by atoms with Crippen LogP contribution in [-0.2, 0) is 4.79 Å². The number of methoxy groups -OCH3 is 1. The van der Waals surface area contributed by atoms with Gasteiger partial charge in [0.1, 0.15) is 11.5 Å². The molecule has 1 N–H and O–H groups in total. The molecular formula is C24H29N5O3S2. The Hall–Kier alpha value is -2.98. The maximum atomic E-state index is 12.7. The second-order valence-electron chi connectivity index (χ2n) is 7.62. The summed E-state index contributed by atoms with van der Waals surface area (Å²) in [7, 11) is 1.67. The maximum Gasteiger partial charge on any atom is 0.223 e. The third-order valence-corrected chi connectivity index (χ3v) is 7.41. The summed E-state index contributed by atoms with van der Waals surface area (Å²) < 4.78 is 11.5. The summed E-state index contributed by atoms with van der Waals surface area (Å²) in [6.45, 7) is 5.76. The van der Waals surface area contributed by atoms with Crippen molar-refractivity contribution in [3.05, 3.63) is 48.5 Å². The number of amides is 1. The van der Waals surface area contributed by atoms with Crippen molar-refractivity contribution in [2.75, 3.05) is 55.9 Å². The number of aromatic nitrogens is 2. The molecule has 1 aromatic heterocycles. The molecule has 2 aromatic carbocycles. The fourth-order valence-electron chi connectivity index (χ4n) is 3.63. The van der Waals surface area contributed by atoms with Crippen molar-refractivity contribution in [1.82, 2.24) is 15.1 Å². The van der Waals surface area contributed by atoms with E-state index in [1.54, 1.807) is 18.9 Å². The first-order valence-corrected chi connectivity index (χ1v) is 13.1. The van der Waals surface area contributed by atoms with Gasteiger partial charge < -0.3 is 24.6 Å². The highest BCUT2D eigenvalue weighted by Crippen LogP contribution is 2.29. The van der Waals surface area contributed by atoms with Gasteiger partial charge in [-0.15, -0.1) is 10.2 Å². The first kappa shape index (κ1) is 24.2. The molecule has 0 saturated carbocycles. The summed E-state index contributed by atoms with van der Waals surface area (Å²) in [4.78, 5) is 16.9. The van der Waals surface area contributed by atoms with Crippen LogP contribution in [0.5, 0.6) is 11.5 Å². The number of hydrogen-bond acceptors (Lipinski definition) is 9. The standard InChI is InChI=1S/C24H29N5O3S2/c1-3-32-21-8-4-18(5-9-21)25-23-26-27-24(34-23)33-17-12-22(30)29-15-13-28(14-16-29)19-6-10-20(31-2)11-7-19/h4-11H,3,12-17H2,1-2H3,(H,25,26). The fraction of sp³-hybridized carbons (Fsp3) is 0.375. The molecule has 0 bridgehead atoms. The van der Waals surface area contributed by atoms with Crippen LogP contribution >= 0.6 is 23.1 Å². The zero-order chi connectivity index (χ0) is 23.8. The quantitative estimate of drug-likeness (QED) is 0.408. The lowest BCUT2D eigenvalue weighted by Gasteiger charge is -2.36. The number of rotatable bonds is 10. The topological polar surface area (TPSA) is 79.8 Å². The van der Waals surface area contributed by atoms with E-state index in [1.165, 1.54) is 11.3 Å². The number of nitrogens with zero attached hydrogens (tertiary/aromatic N) is 4. The Kier molecular flexibility index (Phi) is 8.48. The molecule has 1 aliphatic rings. The molecule has 8 nitrogen and oxygen atoms in total. The minimum atomic E-state index is 0.194. The van der Waals surface area contributed by atoms with E-state index in [0.717, 1.165) is 58.5 Å². The summed E-state index contributed by atoms with van der Waals surface area (Å²) in [6, 6.07) is 15.8. The Balaban J connectivity index is 1.17. The molecule has 0 unspecified atom stereocenters. The van der Waals surface area contributed by atoms with Crippen LogP contribution in [0.2, 0.25) is 0 Å². The molecule has 4 rings (SSSR count). The van der Waals surface area contributed by atoms with Crippen molar-refractivity contribution >= 4 is 45.5 Å². The highest BCUT2D eigenvalue weighted by Gasteiger charge is 2.21. The lowest BCUT2D eigenvalue weighted by atomic mass is 10.2. The van der Waals surface area contributed by atoms with E-state index < -0.39 is 0 Å². The van der Waals surface area contributed by atoms with E-state index in [9.17, 15) is 4.79 Å². The monoisotopic (exact) mass is 499 g/mol. The molecule has 0 aliphatic carbocycles. The second kappa shape index (κ2) is 11.9. The van der Waals surface area contributed by atoms with Crippen LogP contribution < -0.4 is 19.7 Å². The molecule has 1 saturated heterocycles. The predicted octanol–water partition coefficient (Wildman–Crippen LogP) is 4.52. The maximum absolute atomic E-state index is 12.7. The van der Waals surface area contributed by atoms with Gasteiger partial charge in [0.05, 0.1) is 13.7 Å². The number of anilines is 3. The molecule has 1 fully saturated rings. The molecule has 2 heterocycles. The number of nitrogens with one attached hydrogen (secondary N) is 1. The van der Waals surface area contributed by atoms with Crippen LogP contribution in [0.1, 0.15) is 13.3 Å². The zero-order valence-corrected chi connectivity index (χ0v) is 21.0. The number of ether oxygens (including phenoxy) is 2. The van der Waals surface area contributed by atoms with Gasteiger partial charge in [-0.3, -0.25) is 4.79 Å². The van der Waals surface area contributed by atoms with Crippen molar-refractivity contribution in [3.8, 4) is 11.5 Å². The van der Waals surface area contributed by atoms with Crippen LogP contribution in [0.15, 0.2) is 52.9 Å². The second-order valence-corrected chi connectivity index (χ2v) is 9.94. The SMILES string of the molecule is CCOc1ccc(Nc2nnc(SCCC(=O)N3CCN(c4ccc(OC)cc4)CC3)s2)cc1. The van der Waals surface area contributed by atoms with E-state index in [0.29, 0.717) is 18.8 Å². The van der Waals surface area contributed by atoms with Crippen LogP contribution in [0.3, 0.4) is 0 Å². The van der Waals surface area contributed by atoms with E-state index in [-0.39, 0.29) is 5.91 Å². The highest BCUT2D eigenvalue weighted by atomic mass is 32.2. The van der Waals surface area contributed by atoms with E-state index in [1.807, 2.05) is 48.2 Å². The smallest absolute Gasteiger partial charge is 0.223 e. The minimum absolute atomic E-state index is 0.194. The Labute approximate surface area is 208 Å². The van der Waals surface area contributed by atoms with Gasteiger partial charge in [-0.05, 0) is 55.5 Å². The third-order valence-electron chi connectivity index (χ3n) is 5.43. The third kappa shape index (κ3) is 6.54. The molecule has 10 heteroatoms. The van der Waals surface area contributed by atoms with Gasteiger partial charge in [-0.2, -0.15) is 0 Å². The fourth-order valence-corrected chi connectivity index (χ4v) is 5.40. The van der Waals surface area contributed by atoms with Gasteiger partial charge in [0.15, 0.2) is 4.34 Å². The number of hydrogen-bond donors (Lipinski definition) is 1. The molecule has 3 aromatic rings. The van der Waals surface area contributed by atoms with Crippen molar-refractivity contribution < 1.29 is 14.3 Å². The number of carbonyl (C=O) groups is 1. The summed E-state index contributed by atoms with van der Waals surface area (Å²) >= 11 is 3.06. The predicted molar refractivity (Wildman–Crippen MR) is 138 cm³/mol. The Bertz CT molecular complexity index is 1050. The molecule has 0 radical (unpaired) electrons. The average molecular weight is 500 g/mol. The molecule has 1 aliphatic heterocycles. The molecular weight excluding hydrogens is 470 g/mol. The molecule has 0 spiro atoms. The number of carbonyl (C=O) groups excluding carboxylic acids is 1.